The molecule has 2 N–H and O–H groups in total. The highest BCUT2D eigenvalue weighted by molar-refractivity contribution is 5.79. The summed E-state index contributed by atoms with van der Waals surface area (Å²) in [5.74, 6) is -0.107. The van der Waals surface area contributed by atoms with Gasteiger partial charge in [0.25, 0.3) is 0 Å². The molecule has 1 saturated heterocycles. The van der Waals surface area contributed by atoms with E-state index in [-0.39, 0.29) is 23.7 Å². The number of hydrogen-bond donors (Lipinski definition) is 1. The van der Waals surface area contributed by atoms with Gasteiger partial charge in [0.1, 0.15) is 5.82 Å². The van der Waals surface area contributed by atoms with Gasteiger partial charge in [-0.25, -0.2) is 4.39 Å². The smallest absolute Gasteiger partial charge is 0.225 e. The van der Waals surface area contributed by atoms with Gasteiger partial charge in [-0.05, 0) is 37.3 Å². The summed E-state index contributed by atoms with van der Waals surface area (Å²) in [5.41, 5.74) is 6.39. The van der Waals surface area contributed by atoms with Crippen molar-refractivity contribution < 1.29 is 9.18 Å². The fourth-order valence-electron chi connectivity index (χ4n) is 2.85. The van der Waals surface area contributed by atoms with Crippen molar-refractivity contribution in [3.8, 4) is 0 Å². The molecule has 0 spiro atoms. The minimum absolute atomic E-state index is 0.0817. The van der Waals surface area contributed by atoms with E-state index in [1.807, 2.05) is 17.9 Å². The predicted molar refractivity (Wildman–Crippen MR) is 77.7 cm³/mol. The Bertz CT molecular complexity index is 464. The van der Waals surface area contributed by atoms with Crippen LogP contribution in [0.3, 0.4) is 0 Å². The van der Waals surface area contributed by atoms with Gasteiger partial charge in [-0.3, -0.25) is 4.79 Å². The first kappa shape index (κ1) is 15.0. The summed E-state index contributed by atoms with van der Waals surface area (Å²) in [6.45, 7) is 3.27. The van der Waals surface area contributed by atoms with Gasteiger partial charge in [-0.1, -0.05) is 25.1 Å². The van der Waals surface area contributed by atoms with E-state index < -0.39 is 0 Å². The van der Waals surface area contributed by atoms with Crippen molar-refractivity contribution in [1.82, 2.24) is 4.90 Å². The van der Waals surface area contributed by atoms with Crippen LogP contribution in [-0.4, -0.2) is 29.9 Å². The Kier molecular flexibility index (Phi) is 5.12. The van der Waals surface area contributed by atoms with Crippen LogP contribution in [0.1, 0.15) is 31.7 Å². The van der Waals surface area contributed by atoms with Crippen molar-refractivity contribution in [2.75, 3.05) is 13.1 Å². The van der Waals surface area contributed by atoms with Crippen molar-refractivity contribution in [3.63, 3.8) is 0 Å². The molecule has 20 heavy (non-hydrogen) atoms. The number of carbonyl (C=O) groups excluding carboxylic acids is 1. The lowest BCUT2D eigenvalue weighted by Gasteiger charge is -2.26. The standard InChI is InChI=1S/C16H23FN2O/c1-12(8-9-13-5-2-3-7-15(13)17)16(20)19-10-4-6-14(19)11-18/h2-3,5,7,12,14H,4,6,8-11,18H2,1H3/t12-,14-/m0/s1. The highest BCUT2D eigenvalue weighted by Gasteiger charge is 2.30. The van der Waals surface area contributed by atoms with Gasteiger partial charge in [0.15, 0.2) is 0 Å². The maximum absolute atomic E-state index is 13.5. The Balaban J connectivity index is 1.90. The molecule has 0 saturated carbocycles. The van der Waals surface area contributed by atoms with Gasteiger partial charge in [-0.2, -0.15) is 0 Å². The van der Waals surface area contributed by atoms with Crippen LogP contribution in [0.5, 0.6) is 0 Å². The van der Waals surface area contributed by atoms with Crippen molar-refractivity contribution >= 4 is 5.91 Å². The van der Waals surface area contributed by atoms with Crippen LogP contribution in [0.25, 0.3) is 0 Å². The molecule has 1 aromatic rings. The van der Waals surface area contributed by atoms with Gasteiger partial charge >= 0.3 is 0 Å². The Morgan fingerprint density at radius 2 is 2.25 bits per heavy atom. The van der Waals surface area contributed by atoms with Crippen LogP contribution < -0.4 is 5.73 Å². The normalized spacial score (nSPS) is 20.1. The summed E-state index contributed by atoms with van der Waals surface area (Å²) in [4.78, 5) is 14.3. The summed E-state index contributed by atoms with van der Waals surface area (Å²) in [5, 5.41) is 0. The monoisotopic (exact) mass is 278 g/mol. The molecule has 1 aliphatic heterocycles. The molecule has 110 valence electrons. The van der Waals surface area contributed by atoms with E-state index in [4.69, 9.17) is 5.73 Å². The van der Waals surface area contributed by atoms with Gasteiger partial charge < -0.3 is 10.6 Å². The van der Waals surface area contributed by atoms with Crippen LogP contribution in [-0.2, 0) is 11.2 Å². The largest absolute Gasteiger partial charge is 0.338 e. The molecule has 0 aliphatic carbocycles. The molecule has 2 rings (SSSR count). The molecule has 0 unspecified atom stereocenters. The second kappa shape index (κ2) is 6.84. The number of likely N-dealkylation sites (tertiary alicyclic amines) is 1. The van der Waals surface area contributed by atoms with E-state index in [1.165, 1.54) is 6.07 Å². The molecule has 0 aromatic heterocycles. The highest BCUT2D eigenvalue weighted by Crippen LogP contribution is 2.21. The van der Waals surface area contributed by atoms with Crippen LogP contribution >= 0.6 is 0 Å². The van der Waals surface area contributed by atoms with E-state index in [0.29, 0.717) is 24.9 Å². The number of nitrogens with zero attached hydrogens (tertiary/aromatic N) is 1. The molecule has 4 heteroatoms. The summed E-state index contributed by atoms with van der Waals surface area (Å²) < 4.78 is 13.5. The second-order valence-electron chi connectivity index (χ2n) is 5.59. The van der Waals surface area contributed by atoms with Crippen molar-refractivity contribution in [1.29, 1.82) is 0 Å². The number of halogens is 1. The molecule has 1 amide bonds. The fraction of sp³-hybridized carbons (Fsp3) is 0.562. The van der Waals surface area contributed by atoms with E-state index >= 15 is 0 Å². The molecule has 0 bridgehead atoms. The van der Waals surface area contributed by atoms with Crippen molar-refractivity contribution in [3.05, 3.63) is 35.6 Å². The van der Waals surface area contributed by atoms with Crippen LogP contribution in [0, 0.1) is 11.7 Å². The Morgan fingerprint density at radius 1 is 1.50 bits per heavy atom. The lowest BCUT2D eigenvalue weighted by atomic mass is 9.99. The third-order valence-electron chi connectivity index (χ3n) is 4.16. The molecule has 2 atom stereocenters. The average Bonchev–Trinajstić information content (AvgIpc) is 2.93. The van der Waals surface area contributed by atoms with Crippen LogP contribution in [0.15, 0.2) is 24.3 Å². The molecule has 1 aromatic carbocycles. The maximum Gasteiger partial charge on any atom is 0.225 e. The number of amides is 1. The molecule has 1 aliphatic rings. The van der Waals surface area contributed by atoms with Gasteiger partial charge in [0.2, 0.25) is 5.91 Å². The molecule has 1 fully saturated rings. The van der Waals surface area contributed by atoms with Crippen molar-refractivity contribution in [2.45, 2.75) is 38.6 Å². The van der Waals surface area contributed by atoms with E-state index in [9.17, 15) is 9.18 Å². The zero-order valence-corrected chi connectivity index (χ0v) is 12.0. The number of nitrogens with two attached hydrogens (primary N) is 1. The first-order valence-electron chi connectivity index (χ1n) is 7.37. The molecule has 0 radical (unpaired) electrons. The second-order valence-corrected chi connectivity index (χ2v) is 5.59. The molecule has 3 nitrogen and oxygen atoms in total. The average molecular weight is 278 g/mol. The number of rotatable bonds is 5. The Morgan fingerprint density at radius 3 is 2.95 bits per heavy atom. The first-order chi connectivity index (χ1) is 9.63. The number of aryl methyl sites for hydroxylation is 1. The quantitative estimate of drug-likeness (QED) is 0.898. The van der Waals surface area contributed by atoms with Crippen LogP contribution in [0.2, 0.25) is 0 Å². The Hall–Kier alpha value is -1.42. The number of benzene rings is 1. The predicted octanol–water partition coefficient (Wildman–Crippen LogP) is 2.34. The topological polar surface area (TPSA) is 46.3 Å². The van der Waals surface area contributed by atoms with E-state index in [2.05, 4.69) is 0 Å². The molecular formula is C16H23FN2O. The zero-order chi connectivity index (χ0) is 14.5. The molecule has 1 heterocycles. The van der Waals surface area contributed by atoms with Crippen molar-refractivity contribution in [2.24, 2.45) is 11.7 Å². The van der Waals surface area contributed by atoms with E-state index in [0.717, 1.165) is 19.4 Å². The van der Waals surface area contributed by atoms with Gasteiger partial charge in [0, 0.05) is 25.0 Å². The zero-order valence-electron chi connectivity index (χ0n) is 12.0. The van der Waals surface area contributed by atoms with Gasteiger partial charge in [-0.15, -0.1) is 0 Å². The number of carbonyl (C=O) groups is 1. The summed E-state index contributed by atoms with van der Waals surface area (Å²) in [6, 6.07) is 6.95. The Labute approximate surface area is 120 Å². The maximum atomic E-state index is 13.5. The highest BCUT2D eigenvalue weighted by atomic mass is 19.1. The first-order valence-corrected chi connectivity index (χ1v) is 7.37. The number of hydrogen-bond acceptors (Lipinski definition) is 2. The minimum Gasteiger partial charge on any atom is -0.338 e. The minimum atomic E-state index is -0.187. The summed E-state index contributed by atoms with van der Waals surface area (Å²) >= 11 is 0. The summed E-state index contributed by atoms with van der Waals surface area (Å²) in [7, 11) is 0. The molecular weight excluding hydrogens is 255 g/mol. The third-order valence-corrected chi connectivity index (χ3v) is 4.16. The summed E-state index contributed by atoms with van der Waals surface area (Å²) in [6.07, 6.45) is 3.31. The third kappa shape index (κ3) is 3.37. The lowest BCUT2D eigenvalue weighted by molar-refractivity contribution is -0.135. The van der Waals surface area contributed by atoms with E-state index in [1.54, 1.807) is 12.1 Å². The SMILES string of the molecule is C[C@@H](CCc1ccccc1F)C(=O)N1CCC[C@H]1CN. The van der Waals surface area contributed by atoms with Crippen LogP contribution in [0.4, 0.5) is 4.39 Å². The lowest BCUT2D eigenvalue weighted by Crippen LogP contribution is -2.42. The van der Waals surface area contributed by atoms with Gasteiger partial charge in [0.05, 0.1) is 0 Å². The fourth-order valence-corrected chi connectivity index (χ4v) is 2.85.